The highest BCUT2D eigenvalue weighted by Gasteiger charge is 2.44. The van der Waals surface area contributed by atoms with Gasteiger partial charge in [0.1, 0.15) is 0 Å². The number of hydrogen-bond acceptors (Lipinski definition) is 4. The Hall–Kier alpha value is -0.940. The molecule has 0 aliphatic carbocycles. The average Bonchev–Trinajstić information content (AvgIpc) is 2.28. The number of imide groups is 1. The molecule has 2 rings (SSSR count). The molecule has 0 unspecified atom stereocenters. The Morgan fingerprint density at radius 3 is 2.75 bits per heavy atom. The van der Waals surface area contributed by atoms with Crippen molar-refractivity contribution in [1.29, 1.82) is 0 Å². The fourth-order valence-electron chi connectivity index (χ4n) is 1.86. The molecule has 66 valence electrons. The number of carbonyl (C=O) groups excluding carboxylic acids is 2. The highest BCUT2D eigenvalue weighted by molar-refractivity contribution is 6.05. The van der Waals surface area contributed by atoms with E-state index >= 15 is 0 Å². The van der Waals surface area contributed by atoms with Crippen molar-refractivity contribution in [2.75, 3.05) is 13.1 Å². The summed E-state index contributed by atoms with van der Waals surface area (Å²) in [5, 5.41) is 3.92. The molecule has 2 saturated heterocycles. The van der Waals surface area contributed by atoms with Gasteiger partial charge >= 0.3 is 0 Å². The van der Waals surface area contributed by atoms with E-state index in [1.807, 2.05) is 0 Å². The number of nitrogens with two attached hydrogens (primary N) is 1. The van der Waals surface area contributed by atoms with Crippen molar-refractivity contribution in [3.63, 3.8) is 0 Å². The lowest BCUT2D eigenvalue weighted by molar-refractivity contribution is -0.126. The average molecular weight is 169 g/mol. The van der Waals surface area contributed by atoms with Gasteiger partial charge in [-0.15, -0.1) is 0 Å². The van der Waals surface area contributed by atoms with Gasteiger partial charge in [0, 0.05) is 13.1 Å². The number of fused-ring (bicyclic) bond motifs is 1. The second-order valence-corrected chi connectivity index (χ2v) is 3.35. The van der Waals surface area contributed by atoms with Crippen LogP contribution in [0, 0.1) is 11.8 Å². The van der Waals surface area contributed by atoms with Crippen LogP contribution in [0.4, 0.5) is 0 Å². The lowest BCUT2D eigenvalue weighted by Crippen LogP contribution is -2.45. The summed E-state index contributed by atoms with van der Waals surface area (Å²) in [4.78, 5) is 22.3. The minimum absolute atomic E-state index is 0.127. The van der Waals surface area contributed by atoms with Crippen LogP contribution in [0.15, 0.2) is 0 Å². The number of hydrogen-bond donors (Lipinski definition) is 2. The molecule has 2 aliphatic heterocycles. The van der Waals surface area contributed by atoms with Gasteiger partial charge in [0.05, 0.1) is 11.8 Å². The van der Waals surface area contributed by atoms with Crippen LogP contribution in [0.2, 0.25) is 0 Å². The van der Waals surface area contributed by atoms with E-state index in [1.54, 1.807) is 5.01 Å². The Kier molecular flexibility index (Phi) is 1.62. The zero-order valence-electron chi connectivity index (χ0n) is 6.62. The standard InChI is InChI=1S/C7H11N3O2/c8-10-2-1-4-5(3-10)7(12)9-6(4)11/h4-5H,1-3,8H2,(H,9,11,12)/t4-,5+/m0/s1. The van der Waals surface area contributed by atoms with Crippen molar-refractivity contribution in [2.45, 2.75) is 6.42 Å². The lowest BCUT2D eigenvalue weighted by Gasteiger charge is -2.28. The van der Waals surface area contributed by atoms with Crippen molar-refractivity contribution in [2.24, 2.45) is 17.7 Å². The molecule has 0 spiro atoms. The van der Waals surface area contributed by atoms with Crippen LogP contribution in [-0.4, -0.2) is 29.9 Å². The molecule has 5 nitrogen and oxygen atoms in total. The summed E-state index contributed by atoms with van der Waals surface area (Å²) in [5.41, 5.74) is 0. The summed E-state index contributed by atoms with van der Waals surface area (Å²) in [5.74, 6) is 4.91. The van der Waals surface area contributed by atoms with E-state index < -0.39 is 0 Å². The van der Waals surface area contributed by atoms with Crippen LogP contribution in [-0.2, 0) is 9.59 Å². The molecule has 3 N–H and O–H groups in total. The Labute approximate surface area is 69.9 Å². The minimum atomic E-state index is -0.212. The monoisotopic (exact) mass is 169 g/mol. The topological polar surface area (TPSA) is 75.4 Å². The van der Waals surface area contributed by atoms with Crippen LogP contribution >= 0.6 is 0 Å². The molecular weight excluding hydrogens is 158 g/mol. The van der Waals surface area contributed by atoms with Gasteiger partial charge in [-0.2, -0.15) is 0 Å². The summed E-state index contributed by atoms with van der Waals surface area (Å²) in [6.07, 6.45) is 0.693. The fraction of sp³-hybridized carbons (Fsp3) is 0.714. The Morgan fingerprint density at radius 1 is 1.33 bits per heavy atom. The molecule has 0 saturated carbocycles. The lowest BCUT2D eigenvalue weighted by atomic mass is 9.88. The van der Waals surface area contributed by atoms with E-state index in [4.69, 9.17) is 5.84 Å². The molecular formula is C7H11N3O2. The Morgan fingerprint density at radius 2 is 2.00 bits per heavy atom. The molecule has 12 heavy (non-hydrogen) atoms. The van der Waals surface area contributed by atoms with Crippen LogP contribution in [0.5, 0.6) is 0 Å². The Bertz CT molecular complexity index is 241. The molecule has 5 heteroatoms. The fourth-order valence-corrected chi connectivity index (χ4v) is 1.86. The first kappa shape index (κ1) is 7.70. The maximum absolute atomic E-state index is 11.2. The summed E-state index contributed by atoms with van der Waals surface area (Å²) < 4.78 is 0. The third kappa shape index (κ3) is 1.02. The van der Waals surface area contributed by atoms with Gasteiger partial charge < -0.3 is 0 Å². The first-order chi connectivity index (χ1) is 5.68. The van der Waals surface area contributed by atoms with Crippen molar-refractivity contribution < 1.29 is 9.59 Å². The van der Waals surface area contributed by atoms with Gasteiger partial charge in [-0.1, -0.05) is 0 Å². The molecule has 2 fully saturated rings. The number of amides is 2. The summed E-state index contributed by atoms with van der Waals surface area (Å²) >= 11 is 0. The Balaban J connectivity index is 2.17. The quantitative estimate of drug-likeness (QED) is 0.340. The zero-order valence-corrected chi connectivity index (χ0v) is 6.62. The van der Waals surface area contributed by atoms with Gasteiger partial charge in [0.15, 0.2) is 0 Å². The molecule has 2 aliphatic rings. The van der Waals surface area contributed by atoms with Gasteiger partial charge in [0.25, 0.3) is 0 Å². The first-order valence-corrected chi connectivity index (χ1v) is 4.03. The predicted octanol–water partition coefficient (Wildman–Crippen LogP) is -1.55. The van der Waals surface area contributed by atoms with Crippen molar-refractivity contribution >= 4 is 11.8 Å². The van der Waals surface area contributed by atoms with E-state index in [1.165, 1.54) is 0 Å². The summed E-state index contributed by atoms with van der Waals surface area (Å²) in [6.45, 7) is 1.20. The van der Waals surface area contributed by atoms with Gasteiger partial charge in [0.2, 0.25) is 11.8 Å². The normalized spacial score (nSPS) is 36.4. The molecule has 2 atom stereocenters. The van der Waals surface area contributed by atoms with Crippen LogP contribution in [0.3, 0.4) is 0 Å². The molecule has 0 aromatic rings. The zero-order chi connectivity index (χ0) is 8.72. The molecule has 0 aromatic heterocycles. The number of rotatable bonds is 0. The van der Waals surface area contributed by atoms with Gasteiger partial charge in [-0.3, -0.25) is 20.7 Å². The van der Waals surface area contributed by atoms with E-state index in [0.717, 1.165) is 0 Å². The second kappa shape index (κ2) is 2.53. The summed E-state index contributed by atoms with van der Waals surface area (Å²) in [7, 11) is 0. The number of nitrogens with one attached hydrogen (secondary N) is 1. The third-order valence-corrected chi connectivity index (χ3v) is 2.56. The van der Waals surface area contributed by atoms with Crippen molar-refractivity contribution in [1.82, 2.24) is 10.3 Å². The second-order valence-electron chi connectivity index (χ2n) is 3.35. The molecule has 2 heterocycles. The molecule has 0 aromatic carbocycles. The van der Waals surface area contributed by atoms with E-state index in [-0.39, 0.29) is 23.7 Å². The third-order valence-electron chi connectivity index (χ3n) is 2.56. The van der Waals surface area contributed by atoms with Gasteiger partial charge in [-0.05, 0) is 6.42 Å². The number of hydrazine groups is 1. The number of carbonyl (C=O) groups is 2. The highest BCUT2D eigenvalue weighted by atomic mass is 16.2. The van der Waals surface area contributed by atoms with Crippen LogP contribution in [0.1, 0.15) is 6.42 Å². The van der Waals surface area contributed by atoms with Crippen LogP contribution < -0.4 is 11.2 Å². The highest BCUT2D eigenvalue weighted by Crippen LogP contribution is 2.26. The maximum atomic E-state index is 11.2. The van der Waals surface area contributed by atoms with E-state index in [0.29, 0.717) is 19.5 Å². The number of piperidine rings is 1. The predicted molar refractivity (Wildman–Crippen MR) is 40.5 cm³/mol. The van der Waals surface area contributed by atoms with Crippen molar-refractivity contribution in [3.8, 4) is 0 Å². The summed E-state index contributed by atoms with van der Waals surface area (Å²) in [6, 6.07) is 0. The number of nitrogens with zero attached hydrogens (tertiary/aromatic N) is 1. The SMILES string of the molecule is NN1CC[C@@H]2C(=O)NC(=O)[C@@H]2C1. The van der Waals surface area contributed by atoms with Gasteiger partial charge in [-0.25, -0.2) is 5.01 Å². The first-order valence-electron chi connectivity index (χ1n) is 4.03. The largest absolute Gasteiger partial charge is 0.296 e. The molecule has 0 radical (unpaired) electrons. The van der Waals surface area contributed by atoms with E-state index in [9.17, 15) is 9.59 Å². The maximum Gasteiger partial charge on any atom is 0.231 e. The minimum Gasteiger partial charge on any atom is -0.296 e. The van der Waals surface area contributed by atoms with Crippen LogP contribution in [0.25, 0.3) is 0 Å². The smallest absolute Gasteiger partial charge is 0.231 e. The molecule has 2 amide bonds. The van der Waals surface area contributed by atoms with Crippen molar-refractivity contribution in [3.05, 3.63) is 0 Å². The van der Waals surface area contributed by atoms with E-state index in [2.05, 4.69) is 5.32 Å². The molecule has 0 bridgehead atoms.